The molecule has 0 heterocycles. The van der Waals surface area contributed by atoms with E-state index in [0.717, 1.165) is 0 Å². The molecule has 98 valence electrons. The summed E-state index contributed by atoms with van der Waals surface area (Å²) in [5.74, 6) is 0. The molecule has 1 rings (SSSR count). The van der Waals surface area contributed by atoms with Crippen LogP contribution in [0.5, 0.6) is 0 Å². The molecule has 1 aromatic rings. The number of aliphatic hydroxyl groups is 1. The third kappa shape index (κ3) is 4.19. The minimum atomic E-state index is -4.77. The van der Waals surface area contributed by atoms with Gasteiger partial charge in [-0.15, -0.1) is 12.4 Å². The first-order valence-electron chi connectivity index (χ1n) is 4.19. The zero-order chi connectivity index (χ0) is 12.5. The lowest BCUT2D eigenvalue weighted by atomic mass is 10.0. The number of hydrogen-bond acceptors (Lipinski definition) is 2. The Bertz CT molecular complexity index is 386. The van der Waals surface area contributed by atoms with Crippen molar-refractivity contribution in [2.75, 3.05) is 0 Å². The van der Waals surface area contributed by atoms with Gasteiger partial charge in [-0.3, -0.25) is 0 Å². The van der Waals surface area contributed by atoms with Crippen molar-refractivity contribution in [1.29, 1.82) is 0 Å². The van der Waals surface area contributed by atoms with E-state index in [1.54, 1.807) is 0 Å². The van der Waals surface area contributed by atoms with Gasteiger partial charge in [0.2, 0.25) is 0 Å². The maximum atomic E-state index is 12.2. The molecule has 0 fully saturated rings. The molecule has 1 aromatic carbocycles. The van der Waals surface area contributed by atoms with E-state index in [0.29, 0.717) is 0 Å². The molecule has 2 atom stereocenters. The monoisotopic (exact) mass is 309 g/mol. The molecular weight excluding hydrogens is 301 g/mol. The lowest BCUT2D eigenvalue weighted by molar-refractivity contribution is -0.210. The highest BCUT2D eigenvalue weighted by atomic mass is 35.5. The number of nitrogens with two attached hydrogens (primary N) is 1. The molecule has 0 aromatic heterocycles. The van der Waals surface area contributed by atoms with Crippen LogP contribution in [0.1, 0.15) is 11.6 Å². The fraction of sp³-hybridized carbons (Fsp3) is 0.333. The minimum Gasteiger partial charge on any atom is -0.382 e. The second-order valence-corrected chi connectivity index (χ2v) is 4.00. The molecule has 3 N–H and O–H groups in total. The van der Waals surface area contributed by atoms with Crippen molar-refractivity contribution in [1.82, 2.24) is 0 Å². The lowest BCUT2D eigenvalue weighted by Crippen LogP contribution is -2.38. The highest BCUT2D eigenvalue weighted by Crippen LogP contribution is 2.31. The Labute approximate surface area is 112 Å². The van der Waals surface area contributed by atoms with E-state index in [-0.39, 0.29) is 28.0 Å². The van der Waals surface area contributed by atoms with Gasteiger partial charge in [0.25, 0.3) is 0 Å². The van der Waals surface area contributed by atoms with E-state index < -0.39 is 18.3 Å². The van der Waals surface area contributed by atoms with Gasteiger partial charge in [0.1, 0.15) is 0 Å². The van der Waals surface area contributed by atoms with Crippen LogP contribution in [0.15, 0.2) is 18.2 Å². The van der Waals surface area contributed by atoms with E-state index in [1.165, 1.54) is 18.2 Å². The molecule has 0 unspecified atom stereocenters. The van der Waals surface area contributed by atoms with Crippen molar-refractivity contribution >= 4 is 35.6 Å². The van der Waals surface area contributed by atoms with Crippen molar-refractivity contribution in [2.24, 2.45) is 5.73 Å². The molecule has 0 spiro atoms. The van der Waals surface area contributed by atoms with E-state index >= 15 is 0 Å². The number of hydrogen-bond donors (Lipinski definition) is 2. The molecule has 0 radical (unpaired) electrons. The zero-order valence-corrected chi connectivity index (χ0v) is 10.5. The van der Waals surface area contributed by atoms with Gasteiger partial charge in [0.15, 0.2) is 6.10 Å². The van der Waals surface area contributed by atoms with Crippen LogP contribution in [0.25, 0.3) is 0 Å². The molecule has 0 amide bonds. The number of alkyl halides is 3. The van der Waals surface area contributed by atoms with Crippen LogP contribution in [-0.4, -0.2) is 17.4 Å². The highest BCUT2D eigenvalue weighted by molar-refractivity contribution is 6.42. The predicted octanol–water partition coefficient (Wildman–Crippen LogP) is 3.34. The summed E-state index contributed by atoms with van der Waals surface area (Å²) >= 11 is 11.2. The van der Waals surface area contributed by atoms with Crippen LogP contribution in [0.4, 0.5) is 13.2 Å². The Morgan fingerprint density at radius 1 is 1.18 bits per heavy atom. The smallest absolute Gasteiger partial charge is 0.382 e. The first-order chi connectivity index (χ1) is 7.23. The number of benzene rings is 1. The van der Waals surface area contributed by atoms with Gasteiger partial charge in [-0.2, -0.15) is 13.2 Å². The van der Waals surface area contributed by atoms with Gasteiger partial charge in [-0.05, 0) is 17.7 Å². The van der Waals surface area contributed by atoms with E-state index in [4.69, 9.17) is 34.0 Å². The molecule has 2 nitrogen and oxygen atoms in total. The average molecular weight is 311 g/mol. The van der Waals surface area contributed by atoms with E-state index in [9.17, 15) is 13.2 Å². The van der Waals surface area contributed by atoms with Gasteiger partial charge in [-0.1, -0.05) is 29.3 Å². The fourth-order valence-corrected chi connectivity index (χ4v) is 1.41. The number of rotatable bonds is 2. The molecule has 0 aliphatic carbocycles. The maximum Gasteiger partial charge on any atom is 0.416 e. The van der Waals surface area contributed by atoms with Crippen LogP contribution < -0.4 is 5.73 Å². The topological polar surface area (TPSA) is 46.2 Å². The molecule has 0 saturated carbocycles. The largest absolute Gasteiger partial charge is 0.416 e. The molecule has 17 heavy (non-hydrogen) atoms. The van der Waals surface area contributed by atoms with Crippen LogP contribution in [0.3, 0.4) is 0 Å². The number of halogens is 6. The van der Waals surface area contributed by atoms with E-state index in [2.05, 4.69) is 0 Å². The molecule has 0 saturated heterocycles. The van der Waals surface area contributed by atoms with Crippen molar-refractivity contribution in [3.8, 4) is 0 Å². The Hall–Kier alpha value is -0.200. The first kappa shape index (κ1) is 16.8. The highest BCUT2D eigenvalue weighted by Gasteiger charge is 2.42. The predicted molar refractivity (Wildman–Crippen MR) is 62.7 cm³/mol. The average Bonchev–Trinajstić information content (AvgIpc) is 2.18. The summed E-state index contributed by atoms with van der Waals surface area (Å²) in [4.78, 5) is 0. The molecule has 8 heteroatoms. The van der Waals surface area contributed by atoms with Crippen LogP contribution >= 0.6 is 35.6 Å². The lowest BCUT2D eigenvalue weighted by Gasteiger charge is -2.21. The summed E-state index contributed by atoms with van der Waals surface area (Å²) in [5, 5.41) is 9.24. The number of aliphatic hydroxyl groups excluding tert-OH is 1. The maximum absolute atomic E-state index is 12.2. The summed E-state index contributed by atoms with van der Waals surface area (Å²) in [6.07, 6.45) is -7.41. The third-order valence-corrected chi connectivity index (χ3v) is 2.74. The molecular formula is C9H9Cl3F3NO. The summed E-state index contributed by atoms with van der Waals surface area (Å²) in [5.41, 5.74) is 5.34. The van der Waals surface area contributed by atoms with Crippen molar-refractivity contribution < 1.29 is 18.3 Å². The Kier molecular flexibility index (Phi) is 6.04. The zero-order valence-electron chi connectivity index (χ0n) is 8.21. The van der Waals surface area contributed by atoms with Crippen molar-refractivity contribution in [3.63, 3.8) is 0 Å². The summed E-state index contributed by atoms with van der Waals surface area (Å²) < 4.78 is 36.5. The fourth-order valence-electron chi connectivity index (χ4n) is 1.11. The van der Waals surface area contributed by atoms with Crippen LogP contribution in [0, 0.1) is 0 Å². The Balaban J connectivity index is 0.00000256. The molecule has 0 aliphatic rings. The third-order valence-electron chi connectivity index (χ3n) is 2.00. The first-order valence-corrected chi connectivity index (χ1v) is 4.94. The second kappa shape index (κ2) is 6.11. The SMILES string of the molecule is Cl.N[C@H](c1ccc(Cl)c(Cl)c1)[C@@H](O)C(F)(F)F. The van der Waals surface area contributed by atoms with Gasteiger partial charge >= 0.3 is 6.18 Å². The second-order valence-electron chi connectivity index (χ2n) is 3.19. The summed E-state index contributed by atoms with van der Waals surface area (Å²) in [6, 6.07) is 2.22. The van der Waals surface area contributed by atoms with Crippen LogP contribution in [0.2, 0.25) is 10.0 Å². The van der Waals surface area contributed by atoms with E-state index in [1.807, 2.05) is 0 Å². The van der Waals surface area contributed by atoms with Gasteiger partial charge in [-0.25, -0.2) is 0 Å². The van der Waals surface area contributed by atoms with Crippen molar-refractivity contribution in [3.05, 3.63) is 33.8 Å². The summed E-state index contributed by atoms with van der Waals surface area (Å²) in [7, 11) is 0. The molecule has 0 bridgehead atoms. The minimum absolute atomic E-state index is 0. The standard InChI is InChI=1S/C9H8Cl2F3NO.ClH/c10-5-2-1-4(3-6(5)11)7(15)8(16)9(12,13)14;/h1-3,7-8,16H,15H2;1H/t7-,8-;/m1./s1. The Morgan fingerprint density at radius 3 is 2.12 bits per heavy atom. The van der Waals surface area contributed by atoms with Gasteiger partial charge in [0.05, 0.1) is 16.1 Å². The Morgan fingerprint density at radius 2 is 1.71 bits per heavy atom. The van der Waals surface area contributed by atoms with Crippen LogP contribution in [-0.2, 0) is 0 Å². The summed E-state index contributed by atoms with van der Waals surface area (Å²) in [6.45, 7) is 0. The molecule has 0 aliphatic heterocycles. The van der Waals surface area contributed by atoms with Crippen molar-refractivity contribution in [2.45, 2.75) is 18.3 Å². The quantitative estimate of drug-likeness (QED) is 0.880. The normalized spacial score (nSPS) is 15.0. The van der Waals surface area contributed by atoms with Gasteiger partial charge < -0.3 is 10.8 Å². The van der Waals surface area contributed by atoms with Gasteiger partial charge in [0, 0.05) is 0 Å².